The monoisotopic (exact) mass is 292 g/mol. The Morgan fingerprint density at radius 2 is 2.20 bits per heavy atom. The van der Waals surface area contributed by atoms with Gasteiger partial charge in [0.15, 0.2) is 0 Å². The van der Waals surface area contributed by atoms with Crippen LogP contribution in [0.1, 0.15) is 22.3 Å². The Morgan fingerprint density at radius 3 is 2.95 bits per heavy atom. The molecule has 1 aromatic rings. The van der Waals surface area contributed by atoms with Gasteiger partial charge in [-0.05, 0) is 24.1 Å². The molecule has 2 aliphatic heterocycles. The summed E-state index contributed by atoms with van der Waals surface area (Å²) < 4.78 is 5.53. The second kappa shape index (κ2) is 6.16. The number of amides is 1. The van der Waals surface area contributed by atoms with Crippen molar-refractivity contribution in [1.29, 1.82) is 0 Å². The number of benzene rings is 1. The van der Waals surface area contributed by atoms with Gasteiger partial charge >= 0.3 is 0 Å². The molecule has 2 unspecified atom stereocenters. The van der Waals surface area contributed by atoms with Crippen molar-refractivity contribution in [2.24, 2.45) is 5.73 Å². The van der Waals surface area contributed by atoms with Crippen LogP contribution in [0.15, 0.2) is 24.3 Å². The highest BCUT2D eigenvalue weighted by molar-refractivity contribution is 8.00. The number of nitrogens with two attached hydrogens (primary N) is 1. The number of fused-ring (bicyclic) bond motifs is 1. The Bertz CT molecular complexity index is 475. The van der Waals surface area contributed by atoms with Crippen LogP contribution >= 0.6 is 11.8 Å². The van der Waals surface area contributed by atoms with Gasteiger partial charge in [0.05, 0.1) is 6.61 Å². The Morgan fingerprint density at radius 1 is 1.40 bits per heavy atom. The molecule has 1 amide bonds. The molecule has 20 heavy (non-hydrogen) atoms. The lowest BCUT2D eigenvalue weighted by atomic mass is 10.0. The summed E-state index contributed by atoms with van der Waals surface area (Å²) in [6.07, 6.45) is 0.949. The van der Waals surface area contributed by atoms with E-state index in [4.69, 9.17) is 10.5 Å². The van der Waals surface area contributed by atoms with Crippen LogP contribution in [-0.4, -0.2) is 47.6 Å². The fourth-order valence-electron chi connectivity index (χ4n) is 2.89. The molecule has 5 heteroatoms. The van der Waals surface area contributed by atoms with E-state index in [2.05, 4.69) is 0 Å². The van der Waals surface area contributed by atoms with Crippen LogP contribution in [0, 0.1) is 0 Å². The lowest BCUT2D eigenvalue weighted by Gasteiger charge is -2.43. The first-order chi connectivity index (χ1) is 9.79. The molecule has 0 radical (unpaired) electrons. The van der Waals surface area contributed by atoms with E-state index >= 15 is 0 Å². The van der Waals surface area contributed by atoms with Crippen LogP contribution in [-0.2, 0) is 11.3 Å². The molecule has 2 N–H and O–H groups in total. The minimum atomic E-state index is 0.144. The number of thioether (sulfide) groups is 1. The van der Waals surface area contributed by atoms with E-state index in [0.717, 1.165) is 43.1 Å². The SMILES string of the molecule is NCc1ccc(C(=O)N2CCSC3COCCC32)cc1. The second-order valence-electron chi connectivity index (χ2n) is 5.24. The van der Waals surface area contributed by atoms with Gasteiger partial charge in [0.1, 0.15) is 0 Å². The van der Waals surface area contributed by atoms with Crippen molar-refractivity contribution in [2.75, 3.05) is 25.5 Å². The zero-order valence-electron chi connectivity index (χ0n) is 11.5. The third-order valence-electron chi connectivity index (χ3n) is 4.03. The number of ether oxygens (including phenoxy) is 1. The van der Waals surface area contributed by atoms with E-state index in [-0.39, 0.29) is 5.91 Å². The molecule has 0 aromatic heterocycles. The van der Waals surface area contributed by atoms with Gasteiger partial charge in [-0.2, -0.15) is 11.8 Å². The number of nitrogens with zero attached hydrogens (tertiary/aromatic N) is 1. The number of carbonyl (C=O) groups is 1. The molecule has 2 saturated heterocycles. The summed E-state index contributed by atoms with van der Waals surface area (Å²) in [5.74, 6) is 1.14. The van der Waals surface area contributed by atoms with E-state index < -0.39 is 0 Å². The van der Waals surface area contributed by atoms with Gasteiger partial charge in [-0.15, -0.1) is 0 Å². The third-order valence-corrected chi connectivity index (χ3v) is 5.33. The summed E-state index contributed by atoms with van der Waals surface area (Å²) >= 11 is 1.93. The minimum Gasteiger partial charge on any atom is -0.380 e. The summed E-state index contributed by atoms with van der Waals surface area (Å²) in [5.41, 5.74) is 7.41. The largest absolute Gasteiger partial charge is 0.380 e. The topological polar surface area (TPSA) is 55.6 Å². The Balaban J connectivity index is 1.77. The zero-order valence-corrected chi connectivity index (χ0v) is 12.3. The summed E-state index contributed by atoms with van der Waals surface area (Å²) in [5, 5.41) is 0.435. The van der Waals surface area contributed by atoms with Gasteiger partial charge in [0, 0.05) is 42.3 Å². The quantitative estimate of drug-likeness (QED) is 0.897. The Hall–Kier alpha value is -1.04. The highest BCUT2D eigenvalue weighted by Gasteiger charge is 2.37. The minimum absolute atomic E-state index is 0.144. The van der Waals surface area contributed by atoms with Crippen molar-refractivity contribution in [3.63, 3.8) is 0 Å². The maximum Gasteiger partial charge on any atom is 0.254 e. The number of carbonyl (C=O) groups excluding carboxylic acids is 1. The molecule has 4 nitrogen and oxygen atoms in total. The van der Waals surface area contributed by atoms with Crippen LogP contribution in [0.25, 0.3) is 0 Å². The highest BCUT2D eigenvalue weighted by Crippen LogP contribution is 2.31. The molecular formula is C15H20N2O2S. The fraction of sp³-hybridized carbons (Fsp3) is 0.533. The van der Waals surface area contributed by atoms with Crippen LogP contribution in [0.2, 0.25) is 0 Å². The highest BCUT2D eigenvalue weighted by atomic mass is 32.2. The van der Waals surface area contributed by atoms with Gasteiger partial charge in [0.25, 0.3) is 5.91 Å². The maximum absolute atomic E-state index is 12.7. The predicted molar refractivity (Wildman–Crippen MR) is 80.8 cm³/mol. The lowest BCUT2D eigenvalue weighted by Crippen LogP contribution is -2.54. The van der Waals surface area contributed by atoms with Crippen LogP contribution in [0.5, 0.6) is 0 Å². The molecule has 1 aromatic carbocycles. The molecule has 0 spiro atoms. The molecular weight excluding hydrogens is 272 g/mol. The Kier molecular flexibility index (Phi) is 4.29. The molecule has 2 aliphatic rings. The van der Waals surface area contributed by atoms with Gasteiger partial charge in [-0.3, -0.25) is 4.79 Å². The van der Waals surface area contributed by atoms with E-state index in [1.54, 1.807) is 0 Å². The molecule has 3 rings (SSSR count). The smallest absolute Gasteiger partial charge is 0.254 e. The molecule has 108 valence electrons. The summed E-state index contributed by atoms with van der Waals surface area (Å²) in [6, 6.07) is 7.98. The first-order valence-corrected chi connectivity index (χ1v) is 8.14. The lowest BCUT2D eigenvalue weighted by molar-refractivity contribution is 0.0319. The van der Waals surface area contributed by atoms with Crippen molar-refractivity contribution in [2.45, 2.75) is 24.3 Å². The predicted octanol–water partition coefficient (Wildman–Crippen LogP) is 1.49. The van der Waals surface area contributed by atoms with Gasteiger partial charge in [-0.25, -0.2) is 0 Å². The molecule has 2 fully saturated rings. The molecule has 0 bridgehead atoms. The number of hydrogen-bond donors (Lipinski definition) is 1. The van der Waals surface area contributed by atoms with Crippen LogP contribution in [0.4, 0.5) is 0 Å². The van der Waals surface area contributed by atoms with Crippen molar-refractivity contribution in [1.82, 2.24) is 4.90 Å². The summed E-state index contributed by atoms with van der Waals surface area (Å²) in [7, 11) is 0. The van der Waals surface area contributed by atoms with Crippen molar-refractivity contribution in [3.05, 3.63) is 35.4 Å². The van der Waals surface area contributed by atoms with Crippen LogP contribution < -0.4 is 5.73 Å². The van der Waals surface area contributed by atoms with E-state index in [9.17, 15) is 4.79 Å². The van der Waals surface area contributed by atoms with Crippen molar-refractivity contribution >= 4 is 17.7 Å². The average Bonchev–Trinajstić information content (AvgIpc) is 2.54. The van der Waals surface area contributed by atoms with E-state index in [0.29, 0.717) is 17.8 Å². The summed E-state index contributed by atoms with van der Waals surface area (Å²) in [4.78, 5) is 14.7. The fourth-order valence-corrected chi connectivity index (χ4v) is 4.19. The normalized spacial score (nSPS) is 26.1. The van der Waals surface area contributed by atoms with Crippen molar-refractivity contribution in [3.8, 4) is 0 Å². The van der Waals surface area contributed by atoms with Gasteiger partial charge in [-0.1, -0.05) is 12.1 Å². The first-order valence-electron chi connectivity index (χ1n) is 7.09. The maximum atomic E-state index is 12.7. The number of rotatable bonds is 2. The molecule has 2 heterocycles. The average molecular weight is 292 g/mol. The second-order valence-corrected chi connectivity index (χ2v) is 6.59. The Labute approximate surface area is 123 Å². The van der Waals surface area contributed by atoms with E-state index in [1.165, 1.54) is 0 Å². The van der Waals surface area contributed by atoms with Gasteiger partial charge < -0.3 is 15.4 Å². The first kappa shape index (κ1) is 13.9. The summed E-state index contributed by atoms with van der Waals surface area (Å²) in [6.45, 7) is 2.88. The number of hydrogen-bond acceptors (Lipinski definition) is 4. The third kappa shape index (κ3) is 2.71. The molecule has 0 aliphatic carbocycles. The van der Waals surface area contributed by atoms with E-state index in [1.807, 2.05) is 40.9 Å². The van der Waals surface area contributed by atoms with Crippen molar-refractivity contribution < 1.29 is 9.53 Å². The van der Waals surface area contributed by atoms with Gasteiger partial charge in [0.2, 0.25) is 0 Å². The molecule has 0 saturated carbocycles. The zero-order chi connectivity index (χ0) is 13.9. The standard InChI is InChI=1S/C15H20N2O2S/c16-9-11-1-3-12(4-2-11)15(18)17-6-8-20-14-10-19-7-5-13(14)17/h1-4,13-14H,5-10,16H2. The van der Waals surface area contributed by atoms with Crippen LogP contribution in [0.3, 0.4) is 0 Å². The molecule has 2 atom stereocenters.